The average molecular weight is 276 g/mol. The van der Waals surface area contributed by atoms with Crippen LogP contribution in [0.2, 0.25) is 0 Å². The quantitative estimate of drug-likeness (QED) is 0.340. The van der Waals surface area contributed by atoms with Crippen LogP contribution in [0.4, 0.5) is 0 Å². The molecule has 0 saturated carbocycles. The van der Waals surface area contributed by atoms with E-state index in [1.54, 1.807) is 16.8 Å². The third-order valence-electron chi connectivity index (χ3n) is 1.83. The summed E-state index contributed by atoms with van der Waals surface area (Å²) in [5.41, 5.74) is 0. The van der Waals surface area contributed by atoms with Crippen LogP contribution in [0.5, 0.6) is 0 Å². The molecule has 0 aliphatic heterocycles. The van der Waals surface area contributed by atoms with E-state index in [0.717, 1.165) is 0 Å². The lowest BCUT2D eigenvalue weighted by Crippen LogP contribution is -2.40. The summed E-state index contributed by atoms with van der Waals surface area (Å²) in [6, 6.07) is 0. The summed E-state index contributed by atoms with van der Waals surface area (Å²) in [7, 11) is 1.71. The Balaban J connectivity index is 4.17. The Morgan fingerprint density at radius 3 is 1.53 bits per heavy atom. The Kier molecular flexibility index (Phi) is 8.47. The monoisotopic (exact) mass is 276 g/mol. The van der Waals surface area contributed by atoms with Gasteiger partial charge in [0, 0.05) is 20.8 Å². The van der Waals surface area contributed by atoms with Crippen LogP contribution in [0.1, 0.15) is 20.8 Å². The van der Waals surface area contributed by atoms with Crippen molar-refractivity contribution in [2.45, 2.75) is 20.8 Å². The van der Waals surface area contributed by atoms with E-state index in [-0.39, 0.29) is 20.2 Å². The molecule has 19 heavy (non-hydrogen) atoms. The second-order valence-corrected chi connectivity index (χ2v) is 3.96. The van der Waals surface area contributed by atoms with Crippen molar-refractivity contribution in [2.24, 2.45) is 0 Å². The minimum Gasteiger partial charge on any atom is -0.450 e. The summed E-state index contributed by atoms with van der Waals surface area (Å²) in [4.78, 5) is 35.4. The van der Waals surface area contributed by atoms with Gasteiger partial charge in [-0.05, 0) is 7.05 Å². The molecule has 8 nitrogen and oxygen atoms in total. The molecule has 0 saturated heterocycles. The number of nitrogens with zero attached hydrogens (tertiary/aromatic N) is 2. The summed E-state index contributed by atoms with van der Waals surface area (Å²) >= 11 is 0. The SMILES string of the molecule is CC(=O)OCN(C)CN(COC(C)=O)COC(C)=O. The minimum absolute atomic E-state index is 0.0208. The topological polar surface area (TPSA) is 85.4 Å². The Morgan fingerprint density at radius 2 is 1.16 bits per heavy atom. The highest BCUT2D eigenvalue weighted by atomic mass is 16.6. The summed E-state index contributed by atoms with van der Waals surface area (Å²) in [6.45, 7) is 4.22. The van der Waals surface area contributed by atoms with E-state index in [1.165, 1.54) is 20.8 Å². The molecule has 0 atom stereocenters. The van der Waals surface area contributed by atoms with E-state index >= 15 is 0 Å². The normalized spacial score (nSPS) is 10.4. The predicted molar refractivity (Wildman–Crippen MR) is 64.4 cm³/mol. The average Bonchev–Trinajstić information content (AvgIpc) is 2.29. The molecule has 0 amide bonds. The number of ether oxygens (including phenoxy) is 3. The molecule has 0 radical (unpaired) electrons. The van der Waals surface area contributed by atoms with E-state index < -0.39 is 17.9 Å². The fourth-order valence-corrected chi connectivity index (χ4v) is 1.07. The standard InChI is InChI=1S/C11H20N2O6/c1-9(14)17-6-12(4)5-13(7-18-10(2)15)8-19-11(3)16/h5-8H2,1-4H3. The third-order valence-corrected chi connectivity index (χ3v) is 1.83. The molecule has 0 bridgehead atoms. The number of hydrogen-bond acceptors (Lipinski definition) is 8. The van der Waals surface area contributed by atoms with Crippen molar-refractivity contribution in [2.75, 3.05) is 33.9 Å². The number of carbonyl (C=O) groups excluding carboxylic acids is 3. The number of rotatable bonds is 8. The van der Waals surface area contributed by atoms with Crippen LogP contribution in [0.3, 0.4) is 0 Å². The van der Waals surface area contributed by atoms with Gasteiger partial charge in [-0.25, -0.2) is 4.90 Å². The van der Waals surface area contributed by atoms with Crippen molar-refractivity contribution in [3.63, 3.8) is 0 Å². The summed E-state index contributed by atoms with van der Waals surface area (Å²) in [5.74, 6) is -1.26. The maximum Gasteiger partial charge on any atom is 0.303 e. The van der Waals surface area contributed by atoms with Gasteiger partial charge in [-0.3, -0.25) is 19.3 Å². The second-order valence-electron chi connectivity index (χ2n) is 3.96. The van der Waals surface area contributed by atoms with Crippen molar-refractivity contribution in [1.82, 2.24) is 9.80 Å². The van der Waals surface area contributed by atoms with Gasteiger partial charge in [0.15, 0.2) is 0 Å². The van der Waals surface area contributed by atoms with E-state index in [9.17, 15) is 14.4 Å². The van der Waals surface area contributed by atoms with Crippen LogP contribution in [-0.4, -0.2) is 61.6 Å². The largest absolute Gasteiger partial charge is 0.450 e. The first-order valence-electron chi connectivity index (χ1n) is 5.62. The van der Waals surface area contributed by atoms with Crippen molar-refractivity contribution in [3.8, 4) is 0 Å². The Bertz CT molecular complexity index is 302. The molecule has 0 fully saturated rings. The zero-order chi connectivity index (χ0) is 14.8. The summed E-state index contributed by atoms with van der Waals surface area (Å²) in [5, 5.41) is 0. The predicted octanol–water partition coefficient (Wildman–Crippen LogP) is -0.260. The Hall–Kier alpha value is -1.67. The van der Waals surface area contributed by atoms with Gasteiger partial charge in [-0.2, -0.15) is 0 Å². The molecule has 0 N–H and O–H groups in total. The van der Waals surface area contributed by atoms with Crippen molar-refractivity contribution < 1.29 is 28.6 Å². The molecule has 0 unspecified atom stereocenters. The Labute approximate surface area is 112 Å². The first kappa shape index (κ1) is 17.3. The van der Waals surface area contributed by atoms with E-state index in [4.69, 9.17) is 14.2 Å². The zero-order valence-corrected chi connectivity index (χ0v) is 11.7. The first-order valence-corrected chi connectivity index (χ1v) is 5.62. The molecule has 0 aromatic carbocycles. The zero-order valence-electron chi connectivity index (χ0n) is 11.7. The maximum absolute atomic E-state index is 10.7. The number of esters is 3. The molecule has 0 rings (SSSR count). The van der Waals surface area contributed by atoms with Crippen LogP contribution in [-0.2, 0) is 28.6 Å². The first-order chi connectivity index (χ1) is 8.81. The maximum atomic E-state index is 10.7. The molecule has 0 spiro atoms. The lowest BCUT2D eigenvalue weighted by molar-refractivity contribution is -0.158. The number of hydrogen-bond donors (Lipinski definition) is 0. The van der Waals surface area contributed by atoms with Gasteiger partial charge in [-0.1, -0.05) is 0 Å². The molecular weight excluding hydrogens is 256 g/mol. The lowest BCUT2D eigenvalue weighted by atomic mass is 10.7. The molecular formula is C11H20N2O6. The highest BCUT2D eigenvalue weighted by Crippen LogP contribution is 1.96. The molecule has 0 aliphatic carbocycles. The molecule has 0 aromatic rings. The molecule has 0 aliphatic rings. The van der Waals surface area contributed by atoms with E-state index in [2.05, 4.69) is 0 Å². The van der Waals surface area contributed by atoms with Gasteiger partial charge in [-0.15, -0.1) is 0 Å². The highest BCUT2D eigenvalue weighted by molar-refractivity contribution is 5.66. The van der Waals surface area contributed by atoms with Gasteiger partial charge in [0.1, 0.15) is 20.2 Å². The van der Waals surface area contributed by atoms with Crippen LogP contribution >= 0.6 is 0 Å². The fourth-order valence-electron chi connectivity index (χ4n) is 1.07. The molecule has 0 heterocycles. The molecule has 8 heteroatoms. The van der Waals surface area contributed by atoms with Crippen LogP contribution in [0, 0.1) is 0 Å². The second kappa shape index (κ2) is 9.29. The van der Waals surface area contributed by atoms with Gasteiger partial charge in [0.25, 0.3) is 0 Å². The number of carbonyl (C=O) groups is 3. The van der Waals surface area contributed by atoms with Crippen molar-refractivity contribution in [1.29, 1.82) is 0 Å². The smallest absolute Gasteiger partial charge is 0.303 e. The highest BCUT2D eigenvalue weighted by Gasteiger charge is 2.12. The van der Waals surface area contributed by atoms with Crippen LogP contribution in [0.25, 0.3) is 0 Å². The van der Waals surface area contributed by atoms with Crippen molar-refractivity contribution >= 4 is 17.9 Å². The van der Waals surface area contributed by atoms with E-state index in [0.29, 0.717) is 6.67 Å². The summed E-state index contributed by atoms with van der Waals surface area (Å²) < 4.78 is 14.4. The molecule has 0 aromatic heterocycles. The van der Waals surface area contributed by atoms with Crippen LogP contribution < -0.4 is 0 Å². The van der Waals surface area contributed by atoms with Crippen LogP contribution in [0.15, 0.2) is 0 Å². The minimum atomic E-state index is -0.435. The van der Waals surface area contributed by atoms with Crippen molar-refractivity contribution in [3.05, 3.63) is 0 Å². The fraction of sp³-hybridized carbons (Fsp3) is 0.727. The summed E-state index contributed by atoms with van der Waals surface area (Å²) in [6.07, 6.45) is 0. The molecule has 110 valence electrons. The Morgan fingerprint density at radius 1 is 0.789 bits per heavy atom. The lowest BCUT2D eigenvalue weighted by Gasteiger charge is -2.26. The van der Waals surface area contributed by atoms with Gasteiger partial charge >= 0.3 is 17.9 Å². The van der Waals surface area contributed by atoms with E-state index in [1.807, 2.05) is 0 Å². The van der Waals surface area contributed by atoms with Gasteiger partial charge in [0.2, 0.25) is 0 Å². The van der Waals surface area contributed by atoms with Gasteiger partial charge in [0.05, 0.1) is 6.67 Å². The third kappa shape index (κ3) is 11.2. The van der Waals surface area contributed by atoms with Gasteiger partial charge < -0.3 is 14.2 Å².